The molecule has 30 heavy (non-hydrogen) atoms. The summed E-state index contributed by atoms with van der Waals surface area (Å²) >= 11 is 0. The van der Waals surface area contributed by atoms with Gasteiger partial charge in [-0.25, -0.2) is 4.79 Å². The van der Waals surface area contributed by atoms with Crippen molar-refractivity contribution in [3.63, 3.8) is 0 Å². The molecule has 1 aromatic rings. The first kappa shape index (κ1) is 23.7. The number of ether oxygens (including phenoxy) is 1. The summed E-state index contributed by atoms with van der Waals surface area (Å²) in [6.07, 6.45) is 7.23. The third-order valence-electron chi connectivity index (χ3n) is 5.24. The maximum Gasteiger partial charge on any atom is 0.331 e. The lowest BCUT2D eigenvalue weighted by Crippen LogP contribution is -2.61. The summed E-state index contributed by atoms with van der Waals surface area (Å²) in [6, 6.07) is 8.72. The normalized spacial score (nSPS) is 20.8. The van der Waals surface area contributed by atoms with Crippen LogP contribution in [0.2, 0.25) is 0 Å². The monoisotopic (exact) mass is 414 g/mol. The van der Waals surface area contributed by atoms with E-state index in [2.05, 4.69) is 17.6 Å². The van der Waals surface area contributed by atoms with Gasteiger partial charge in [0.2, 0.25) is 0 Å². The van der Waals surface area contributed by atoms with Crippen LogP contribution in [-0.4, -0.2) is 42.1 Å². The predicted octanol–water partition coefficient (Wildman–Crippen LogP) is 3.91. The number of aliphatic hydroxyl groups excluding tert-OH is 1. The van der Waals surface area contributed by atoms with Crippen LogP contribution < -0.4 is 10.6 Å². The molecular weight excluding hydrogens is 380 g/mol. The molecule has 6 heteroatoms. The van der Waals surface area contributed by atoms with Gasteiger partial charge in [-0.1, -0.05) is 63.4 Å². The zero-order valence-corrected chi connectivity index (χ0v) is 18.2. The number of carbonyl (C=O) groups excluding carboxylic acids is 2. The molecule has 0 radical (unpaired) electrons. The molecule has 164 valence electrons. The van der Waals surface area contributed by atoms with Crippen LogP contribution in [0.5, 0.6) is 0 Å². The summed E-state index contributed by atoms with van der Waals surface area (Å²) in [7, 11) is 0. The van der Waals surface area contributed by atoms with E-state index >= 15 is 0 Å². The van der Waals surface area contributed by atoms with E-state index in [0.717, 1.165) is 25.7 Å². The summed E-state index contributed by atoms with van der Waals surface area (Å²) in [5.74, 6) is -2.16. The maximum atomic E-state index is 13.5. The smallest absolute Gasteiger partial charge is 0.331 e. The molecule has 0 saturated carbocycles. The van der Waals surface area contributed by atoms with Crippen LogP contribution in [0.3, 0.4) is 0 Å². The van der Waals surface area contributed by atoms with Gasteiger partial charge in [-0.05, 0) is 32.0 Å². The number of ketones is 1. The molecule has 0 fully saturated rings. The van der Waals surface area contributed by atoms with Crippen molar-refractivity contribution in [2.24, 2.45) is 5.92 Å². The van der Waals surface area contributed by atoms with Crippen LogP contribution in [0.4, 0.5) is 0 Å². The topological polar surface area (TPSA) is 87.7 Å². The van der Waals surface area contributed by atoms with Gasteiger partial charge < -0.3 is 15.2 Å². The fourth-order valence-electron chi connectivity index (χ4n) is 3.73. The molecule has 2 unspecified atom stereocenters. The Hall–Kier alpha value is -2.60. The van der Waals surface area contributed by atoms with E-state index in [4.69, 9.17) is 4.74 Å². The lowest BCUT2D eigenvalue weighted by Gasteiger charge is -2.38. The van der Waals surface area contributed by atoms with Crippen LogP contribution in [0.1, 0.15) is 56.8 Å². The number of Topliss-reactive ketones (excluding diaryl/α,β-unsaturated/α-hetero) is 1. The highest BCUT2D eigenvalue weighted by molar-refractivity contribution is 6.05. The molecule has 0 saturated heterocycles. The van der Waals surface area contributed by atoms with Crippen LogP contribution >= 0.6 is 0 Å². The number of rotatable bonds is 12. The Labute approximate surface area is 179 Å². The Kier molecular flexibility index (Phi) is 9.12. The second-order valence-electron chi connectivity index (χ2n) is 7.42. The molecule has 1 aliphatic rings. The molecule has 0 heterocycles. The lowest BCUT2D eigenvalue weighted by molar-refractivity contribution is -0.151. The molecule has 0 aromatic heterocycles. The van der Waals surface area contributed by atoms with E-state index in [1.807, 2.05) is 19.9 Å². The summed E-state index contributed by atoms with van der Waals surface area (Å²) in [5.41, 5.74) is -0.593. The largest absolute Gasteiger partial charge is 0.509 e. The highest BCUT2D eigenvalue weighted by atomic mass is 16.5. The van der Waals surface area contributed by atoms with Crippen molar-refractivity contribution in [3.05, 3.63) is 59.5 Å². The third kappa shape index (κ3) is 5.30. The van der Waals surface area contributed by atoms with Gasteiger partial charge in [0.05, 0.1) is 12.3 Å². The first-order valence-corrected chi connectivity index (χ1v) is 10.9. The molecule has 2 rings (SSSR count). The van der Waals surface area contributed by atoms with Crippen molar-refractivity contribution in [1.82, 2.24) is 10.6 Å². The van der Waals surface area contributed by atoms with Gasteiger partial charge in [-0.3, -0.25) is 10.1 Å². The minimum absolute atomic E-state index is 0.155. The summed E-state index contributed by atoms with van der Waals surface area (Å²) in [5, 5.41) is 17.2. The third-order valence-corrected chi connectivity index (χ3v) is 5.24. The highest BCUT2D eigenvalue weighted by Crippen LogP contribution is 2.35. The Balaban J connectivity index is 2.40. The first-order chi connectivity index (χ1) is 14.5. The number of carbonyl (C=O) groups is 2. The van der Waals surface area contributed by atoms with Crippen LogP contribution in [0.15, 0.2) is 53.9 Å². The molecule has 1 aromatic carbocycles. The van der Waals surface area contributed by atoms with E-state index in [1.165, 1.54) is 0 Å². The Morgan fingerprint density at radius 3 is 2.43 bits per heavy atom. The number of hydrogen-bond acceptors (Lipinski definition) is 6. The molecule has 3 N–H and O–H groups in total. The molecule has 0 aliphatic heterocycles. The summed E-state index contributed by atoms with van der Waals surface area (Å²) in [6.45, 7) is 7.17. The number of aliphatic hydroxyl groups is 1. The average Bonchev–Trinajstić information content (AvgIpc) is 2.76. The highest BCUT2D eigenvalue weighted by Gasteiger charge is 2.52. The van der Waals surface area contributed by atoms with E-state index < -0.39 is 17.4 Å². The first-order valence-electron chi connectivity index (χ1n) is 10.9. The zero-order chi connectivity index (χ0) is 22.0. The Bertz CT molecular complexity index is 773. The van der Waals surface area contributed by atoms with Gasteiger partial charge in [-0.15, -0.1) is 0 Å². The number of allylic oxidation sites excluding steroid dienone is 1. The maximum absolute atomic E-state index is 13.5. The standard InChI is InChI=1S/C24H34N2O4/c1-4-7-8-12-17-30-23(29)24(26-6-3)16-15-19(25-5-2)22(28)20(24)21(27)18-13-10-9-11-14-18/h9-11,13-16,20,25-26,28H,4-8,12,17H2,1-3H3. The van der Waals surface area contributed by atoms with Gasteiger partial charge in [0.15, 0.2) is 11.3 Å². The Morgan fingerprint density at radius 2 is 1.80 bits per heavy atom. The predicted molar refractivity (Wildman–Crippen MR) is 118 cm³/mol. The van der Waals surface area contributed by atoms with Crippen molar-refractivity contribution < 1.29 is 19.4 Å². The van der Waals surface area contributed by atoms with Gasteiger partial charge >= 0.3 is 5.97 Å². The minimum atomic E-state index is -1.46. The molecule has 6 nitrogen and oxygen atoms in total. The molecule has 0 spiro atoms. The van der Waals surface area contributed by atoms with Crippen LogP contribution in [0.25, 0.3) is 0 Å². The van der Waals surface area contributed by atoms with E-state index in [9.17, 15) is 14.7 Å². The van der Waals surface area contributed by atoms with Crippen molar-refractivity contribution in [2.75, 3.05) is 19.7 Å². The SMILES string of the molecule is CCCCCCOC(=O)C1(NCC)C=CC(NCC)=C(O)C1C(=O)c1ccccc1. The van der Waals surface area contributed by atoms with E-state index in [-0.39, 0.29) is 18.1 Å². The van der Waals surface area contributed by atoms with Crippen molar-refractivity contribution in [3.8, 4) is 0 Å². The zero-order valence-electron chi connectivity index (χ0n) is 18.2. The second kappa shape index (κ2) is 11.6. The fraction of sp³-hybridized carbons (Fsp3) is 0.500. The fourth-order valence-corrected chi connectivity index (χ4v) is 3.73. The molecule has 0 bridgehead atoms. The van der Waals surface area contributed by atoms with Gasteiger partial charge in [0.1, 0.15) is 11.7 Å². The minimum Gasteiger partial charge on any atom is -0.509 e. The second-order valence-corrected chi connectivity index (χ2v) is 7.42. The van der Waals surface area contributed by atoms with Crippen LogP contribution in [-0.2, 0) is 9.53 Å². The van der Waals surface area contributed by atoms with Gasteiger partial charge in [0, 0.05) is 12.1 Å². The molecule has 2 atom stereocenters. The van der Waals surface area contributed by atoms with Crippen LogP contribution in [0, 0.1) is 5.92 Å². The molecule has 1 aliphatic carbocycles. The van der Waals surface area contributed by atoms with E-state index in [1.54, 1.807) is 36.4 Å². The number of hydrogen-bond donors (Lipinski definition) is 3. The summed E-state index contributed by atoms with van der Waals surface area (Å²) in [4.78, 5) is 26.7. The number of unbranched alkanes of at least 4 members (excludes halogenated alkanes) is 3. The van der Waals surface area contributed by atoms with E-state index in [0.29, 0.717) is 24.4 Å². The number of benzene rings is 1. The quantitative estimate of drug-likeness (QED) is 0.273. The van der Waals surface area contributed by atoms with Gasteiger partial charge in [-0.2, -0.15) is 0 Å². The average molecular weight is 415 g/mol. The number of nitrogens with one attached hydrogen (secondary N) is 2. The Morgan fingerprint density at radius 1 is 1.07 bits per heavy atom. The van der Waals surface area contributed by atoms with Gasteiger partial charge in [0.25, 0.3) is 0 Å². The number of likely N-dealkylation sites (N-methyl/N-ethyl adjacent to an activating group) is 2. The molecule has 0 amide bonds. The molecular formula is C24H34N2O4. The summed E-state index contributed by atoms with van der Waals surface area (Å²) < 4.78 is 5.58. The van der Waals surface area contributed by atoms with Crippen molar-refractivity contribution >= 4 is 11.8 Å². The van der Waals surface area contributed by atoms with Crippen molar-refractivity contribution in [1.29, 1.82) is 0 Å². The number of esters is 1. The van der Waals surface area contributed by atoms with Crippen molar-refractivity contribution in [2.45, 2.75) is 52.0 Å². The lowest BCUT2D eigenvalue weighted by atomic mass is 9.74.